The van der Waals surface area contributed by atoms with Crippen LogP contribution in [0.25, 0.3) is 83.1 Å². The normalized spacial score (nSPS) is 16.2. The number of aromatic nitrogens is 2. The molecular formula is C44H28N4. The molecule has 1 unspecified atom stereocenters. The highest BCUT2D eigenvalue weighted by molar-refractivity contribution is 6.20. The van der Waals surface area contributed by atoms with Gasteiger partial charge in [0.05, 0.1) is 45.2 Å². The van der Waals surface area contributed by atoms with E-state index in [2.05, 4.69) is 172 Å². The Morgan fingerprint density at radius 3 is 2.08 bits per heavy atom. The van der Waals surface area contributed by atoms with Crippen molar-refractivity contribution in [2.45, 2.75) is 6.04 Å². The lowest BCUT2D eigenvalue weighted by atomic mass is 9.92. The predicted molar refractivity (Wildman–Crippen MR) is 200 cm³/mol. The smallest absolute Gasteiger partial charge is 0.162 e. The van der Waals surface area contributed by atoms with Gasteiger partial charge in [-0.3, -0.25) is 4.57 Å². The van der Waals surface area contributed by atoms with Crippen LogP contribution in [-0.4, -0.2) is 20.9 Å². The van der Waals surface area contributed by atoms with Gasteiger partial charge in [0.1, 0.15) is 0 Å². The zero-order chi connectivity index (χ0) is 31.3. The van der Waals surface area contributed by atoms with E-state index in [0.717, 1.165) is 33.8 Å². The first-order valence-electron chi connectivity index (χ1n) is 16.5. The first-order valence-corrected chi connectivity index (χ1v) is 16.5. The lowest BCUT2D eigenvalue weighted by Gasteiger charge is -2.28. The number of rotatable bonds is 2. The number of hydrogen-bond donors (Lipinski definition) is 1. The van der Waals surface area contributed by atoms with E-state index in [9.17, 15) is 0 Å². The summed E-state index contributed by atoms with van der Waals surface area (Å²) in [4.78, 5) is 5.42. The first-order chi connectivity index (χ1) is 23.8. The van der Waals surface area contributed by atoms with Crippen molar-refractivity contribution in [1.82, 2.24) is 14.5 Å². The summed E-state index contributed by atoms with van der Waals surface area (Å²) in [5.41, 5.74) is 14.0. The molecule has 1 atom stereocenters. The molecule has 4 heteroatoms. The number of fused-ring (bicyclic) bond motifs is 12. The first kappa shape index (κ1) is 25.8. The highest BCUT2D eigenvalue weighted by atomic mass is 15.2. The van der Waals surface area contributed by atoms with Crippen LogP contribution in [0, 0.1) is 0 Å². The van der Waals surface area contributed by atoms with E-state index in [1.165, 1.54) is 60.5 Å². The fourth-order valence-electron chi connectivity index (χ4n) is 8.21. The van der Waals surface area contributed by atoms with Crippen molar-refractivity contribution >= 4 is 60.8 Å². The van der Waals surface area contributed by atoms with E-state index in [0.29, 0.717) is 0 Å². The van der Waals surface area contributed by atoms with Crippen molar-refractivity contribution in [3.05, 3.63) is 163 Å². The van der Waals surface area contributed by atoms with Crippen LogP contribution in [0.15, 0.2) is 163 Å². The van der Waals surface area contributed by atoms with Crippen LogP contribution in [0.3, 0.4) is 0 Å². The number of nitrogens with zero attached hydrogens (tertiary/aromatic N) is 3. The molecule has 0 fully saturated rings. The monoisotopic (exact) mass is 612 g/mol. The molecule has 4 heterocycles. The summed E-state index contributed by atoms with van der Waals surface area (Å²) in [6.45, 7) is 0. The summed E-state index contributed by atoms with van der Waals surface area (Å²) in [6, 6.07) is 48.7. The van der Waals surface area contributed by atoms with Crippen molar-refractivity contribution < 1.29 is 0 Å². The molecule has 6 aromatic carbocycles. The summed E-state index contributed by atoms with van der Waals surface area (Å²) < 4.78 is 4.85. The van der Waals surface area contributed by atoms with Crippen molar-refractivity contribution in [3.63, 3.8) is 0 Å². The third kappa shape index (κ3) is 3.41. The zero-order valence-electron chi connectivity index (χ0n) is 25.9. The molecule has 4 nitrogen and oxygen atoms in total. The zero-order valence-corrected chi connectivity index (χ0v) is 25.9. The molecule has 0 spiro atoms. The number of para-hydroxylation sites is 4. The second-order valence-corrected chi connectivity index (χ2v) is 12.8. The topological polar surface area (TPSA) is 34.2 Å². The number of hydrogen-bond acceptors (Lipinski definition) is 2. The van der Waals surface area contributed by atoms with Gasteiger partial charge in [-0.15, -0.1) is 0 Å². The Morgan fingerprint density at radius 2 is 1.21 bits per heavy atom. The van der Waals surface area contributed by atoms with Gasteiger partial charge in [0.15, 0.2) is 5.82 Å². The van der Waals surface area contributed by atoms with Crippen LogP contribution in [0.2, 0.25) is 0 Å². The summed E-state index contributed by atoms with van der Waals surface area (Å²) in [6.07, 6.45) is 8.47. The molecule has 1 aliphatic carbocycles. The minimum Gasteiger partial charge on any atom is -0.370 e. The molecule has 0 saturated carbocycles. The van der Waals surface area contributed by atoms with Crippen LogP contribution >= 0.6 is 0 Å². The Balaban J connectivity index is 1.29. The van der Waals surface area contributed by atoms with Gasteiger partial charge >= 0.3 is 0 Å². The van der Waals surface area contributed by atoms with Crippen molar-refractivity contribution in [2.75, 3.05) is 0 Å². The lowest BCUT2D eigenvalue weighted by molar-refractivity contribution is 0.871. The number of aliphatic imine (C=N–C) groups is 1. The maximum absolute atomic E-state index is 5.42. The Labute approximate surface area is 276 Å². The summed E-state index contributed by atoms with van der Waals surface area (Å²) >= 11 is 0. The Morgan fingerprint density at radius 1 is 0.521 bits per heavy atom. The van der Waals surface area contributed by atoms with Crippen LogP contribution < -0.4 is 5.32 Å². The fraction of sp³-hybridized carbons (Fsp3) is 0.0227. The van der Waals surface area contributed by atoms with E-state index in [1.54, 1.807) is 0 Å². The van der Waals surface area contributed by atoms with Gasteiger partial charge in [0.2, 0.25) is 0 Å². The average molecular weight is 613 g/mol. The summed E-state index contributed by atoms with van der Waals surface area (Å²) in [5.74, 6) is 0.903. The van der Waals surface area contributed by atoms with E-state index < -0.39 is 0 Å². The number of nitrogens with one attached hydrogen (secondary N) is 1. The average Bonchev–Trinajstić information content (AvgIpc) is 3.62. The second kappa shape index (κ2) is 9.57. The molecule has 224 valence electrons. The van der Waals surface area contributed by atoms with Gasteiger partial charge in [0.25, 0.3) is 0 Å². The Bertz CT molecular complexity index is 2800. The molecule has 48 heavy (non-hydrogen) atoms. The summed E-state index contributed by atoms with van der Waals surface area (Å²) in [7, 11) is 0. The SMILES string of the molecule is C1=CC2=NC(n3c4ccccc4c4cc5c(cc43)-c3ccccc3-n3c4ccccc4c4cccc-5c43)=C(c3ccccc3)NC2C=C1. The van der Waals surface area contributed by atoms with Gasteiger partial charge in [-0.1, -0.05) is 121 Å². The molecule has 2 aromatic heterocycles. The minimum atomic E-state index is 0.0234. The molecule has 0 bridgehead atoms. The van der Waals surface area contributed by atoms with Crippen LogP contribution in [0.5, 0.6) is 0 Å². The predicted octanol–water partition coefficient (Wildman–Crippen LogP) is 10.4. The highest BCUT2D eigenvalue weighted by Crippen LogP contribution is 2.49. The van der Waals surface area contributed by atoms with Gasteiger partial charge in [0, 0.05) is 38.2 Å². The fourth-order valence-corrected chi connectivity index (χ4v) is 8.21. The third-order valence-electron chi connectivity index (χ3n) is 10.3. The van der Waals surface area contributed by atoms with Gasteiger partial charge in [-0.25, -0.2) is 4.99 Å². The molecule has 8 aromatic rings. The van der Waals surface area contributed by atoms with Crippen LogP contribution in [-0.2, 0) is 0 Å². The largest absolute Gasteiger partial charge is 0.370 e. The molecule has 1 N–H and O–H groups in total. The minimum absolute atomic E-state index is 0.0234. The van der Waals surface area contributed by atoms with Crippen LogP contribution in [0.4, 0.5) is 0 Å². The lowest BCUT2D eigenvalue weighted by Crippen LogP contribution is -2.37. The molecular weight excluding hydrogens is 585 g/mol. The number of allylic oxidation sites excluding steroid dienone is 2. The number of benzene rings is 6. The Kier molecular flexibility index (Phi) is 5.13. The molecule has 3 aliphatic rings. The van der Waals surface area contributed by atoms with Gasteiger partial charge < -0.3 is 9.88 Å². The summed E-state index contributed by atoms with van der Waals surface area (Å²) in [5, 5.41) is 8.83. The quantitative estimate of drug-likeness (QED) is 0.207. The van der Waals surface area contributed by atoms with Gasteiger partial charge in [-0.05, 0) is 47.5 Å². The van der Waals surface area contributed by atoms with Gasteiger partial charge in [-0.2, -0.15) is 0 Å². The molecule has 2 aliphatic heterocycles. The van der Waals surface area contributed by atoms with E-state index in [4.69, 9.17) is 4.99 Å². The van der Waals surface area contributed by atoms with E-state index in [-0.39, 0.29) is 6.04 Å². The molecule has 0 radical (unpaired) electrons. The second-order valence-electron chi connectivity index (χ2n) is 12.8. The van der Waals surface area contributed by atoms with E-state index in [1.807, 2.05) is 0 Å². The Hall–Kier alpha value is -6.39. The van der Waals surface area contributed by atoms with Crippen molar-refractivity contribution in [2.24, 2.45) is 4.99 Å². The maximum atomic E-state index is 5.42. The van der Waals surface area contributed by atoms with Crippen LogP contribution in [0.1, 0.15) is 5.56 Å². The van der Waals surface area contributed by atoms with Crippen molar-refractivity contribution in [1.29, 1.82) is 0 Å². The standard InChI is InChI=1S/C44H28N4/c1-2-13-27(14-3-1)42-44(46-37-21-8-7-20-36(37)45-42)48-40-24-11-6-17-30(40)35-25-33-32-19-12-18-31-28-15-4-9-22-38(28)47(43(31)32)39-23-10-5-16-29(39)34(33)26-41(35)48/h1-26,36,45H. The molecule has 0 amide bonds. The van der Waals surface area contributed by atoms with Crippen molar-refractivity contribution in [3.8, 4) is 27.9 Å². The van der Waals surface area contributed by atoms with E-state index >= 15 is 0 Å². The highest BCUT2D eigenvalue weighted by Gasteiger charge is 2.29. The maximum Gasteiger partial charge on any atom is 0.162 e. The third-order valence-corrected chi connectivity index (χ3v) is 10.3. The molecule has 11 rings (SSSR count). The molecule has 0 saturated heterocycles.